The van der Waals surface area contributed by atoms with Gasteiger partial charge in [0.15, 0.2) is 5.78 Å². The summed E-state index contributed by atoms with van der Waals surface area (Å²) in [5, 5.41) is 0. The van der Waals surface area contributed by atoms with Crippen molar-refractivity contribution < 1.29 is 14.3 Å². The molecule has 10 atom stereocenters. The van der Waals surface area contributed by atoms with E-state index < -0.39 is 0 Å². The lowest BCUT2D eigenvalue weighted by Crippen LogP contribution is -2.57. The van der Waals surface area contributed by atoms with Gasteiger partial charge in [-0.1, -0.05) is 19.4 Å². The van der Waals surface area contributed by atoms with Crippen LogP contribution in [0.25, 0.3) is 0 Å². The molecule has 1 heterocycles. The second-order valence-corrected chi connectivity index (χ2v) is 11.5. The van der Waals surface area contributed by atoms with Crippen LogP contribution in [0.1, 0.15) is 65.2 Å². The topological polar surface area (TPSA) is 43.4 Å². The number of carbonyl (C=O) groups excluding carboxylic acids is 2. The summed E-state index contributed by atoms with van der Waals surface area (Å²) >= 11 is 0. The highest BCUT2D eigenvalue weighted by Gasteiger charge is 2.81. The predicted octanol–water partition coefficient (Wildman–Crippen LogP) is 4.31. The average molecular weight is 367 g/mol. The van der Waals surface area contributed by atoms with Crippen LogP contribution in [0.2, 0.25) is 0 Å². The van der Waals surface area contributed by atoms with Gasteiger partial charge in [-0.05, 0) is 85.5 Å². The van der Waals surface area contributed by atoms with Crippen molar-refractivity contribution in [2.45, 2.75) is 70.8 Å². The van der Waals surface area contributed by atoms with Gasteiger partial charge in [0, 0.05) is 24.2 Å². The van der Waals surface area contributed by atoms with Crippen molar-refractivity contribution in [3.8, 4) is 0 Å². The first-order chi connectivity index (χ1) is 12.9. The number of carbonyl (C=O) groups is 2. The first kappa shape index (κ1) is 15.8. The Morgan fingerprint density at radius 1 is 1.00 bits per heavy atom. The normalized spacial score (nSPS) is 62.0. The summed E-state index contributed by atoms with van der Waals surface area (Å²) in [4.78, 5) is 24.3. The van der Waals surface area contributed by atoms with E-state index in [9.17, 15) is 9.59 Å². The van der Waals surface area contributed by atoms with Gasteiger partial charge in [-0.25, -0.2) is 0 Å². The van der Waals surface area contributed by atoms with Crippen molar-refractivity contribution in [2.75, 3.05) is 0 Å². The molecule has 2 unspecified atom stereocenters. The van der Waals surface area contributed by atoms with Crippen LogP contribution < -0.4 is 0 Å². The summed E-state index contributed by atoms with van der Waals surface area (Å²) in [5.41, 5.74) is 1.85. The fourth-order valence-electron chi connectivity index (χ4n) is 9.74. The van der Waals surface area contributed by atoms with Crippen molar-refractivity contribution in [1.29, 1.82) is 0 Å². The van der Waals surface area contributed by atoms with Gasteiger partial charge in [0.25, 0.3) is 0 Å². The molecule has 144 valence electrons. The van der Waals surface area contributed by atoms with Crippen LogP contribution >= 0.6 is 0 Å². The quantitative estimate of drug-likeness (QED) is 0.600. The Balaban J connectivity index is 1.33. The Labute approximate surface area is 161 Å². The molecule has 3 heteroatoms. The van der Waals surface area contributed by atoms with E-state index in [1.807, 2.05) is 0 Å². The minimum atomic E-state index is -0.131. The lowest BCUT2D eigenvalue weighted by molar-refractivity contribution is -0.177. The maximum absolute atomic E-state index is 12.2. The number of hydrogen-bond donors (Lipinski definition) is 0. The van der Waals surface area contributed by atoms with E-state index in [1.165, 1.54) is 31.3 Å². The highest BCUT2D eigenvalue weighted by molar-refractivity contribution is 5.92. The first-order valence-electron chi connectivity index (χ1n) is 11.4. The van der Waals surface area contributed by atoms with Gasteiger partial charge < -0.3 is 4.74 Å². The van der Waals surface area contributed by atoms with E-state index >= 15 is 0 Å². The van der Waals surface area contributed by atoms with Crippen molar-refractivity contribution in [1.82, 2.24) is 0 Å². The molecule has 1 spiro atoms. The Morgan fingerprint density at radius 3 is 2.63 bits per heavy atom. The third-order valence-electron chi connectivity index (χ3n) is 10.9. The summed E-state index contributed by atoms with van der Waals surface area (Å²) in [7, 11) is 0. The maximum atomic E-state index is 12.2. The molecular formula is C24H30O3. The third-order valence-corrected chi connectivity index (χ3v) is 10.9. The molecule has 6 fully saturated rings. The second kappa shape index (κ2) is 4.39. The number of ketones is 1. The van der Waals surface area contributed by atoms with Crippen LogP contribution in [0.4, 0.5) is 0 Å². The van der Waals surface area contributed by atoms with Crippen molar-refractivity contribution in [3.63, 3.8) is 0 Å². The first-order valence-corrected chi connectivity index (χ1v) is 11.4. The molecule has 6 aliphatic carbocycles. The van der Waals surface area contributed by atoms with Gasteiger partial charge in [-0.2, -0.15) is 0 Å². The zero-order valence-corrected chi connectivity index (χ0v) is 16.5. The number of rotatable bonds is 0. The van der Waals surface area contributed by atoms with Gasteiger partial charge in [0.2, 0.25) is 0 Å². The number of fused-ring (bicyclic) bond motifs is 12. The minimum Gasteiger partial charge on any atom is -0.458 e. The largest absolute Gasteiger partial charge is 0.458 e. The zero-order valence-electron chi connectivity index (χ0n) is 16.5. The van der Waals surface area contributed by atoms with Crippen LogP contribution in [0.5, 0.6) is 0 Å². The van der Waals surface area contributed by atoms with Crippen LogP contribution in [0.15, 0.2) is 11.6 Å². The molecule has 0 bridgehead atoms. The predicted molar refractivity (Wildman–Crippen MR) is 99.5 cm³/mol. The summed E-state index contributed by atoms with van der Waals surface area (Å²) in [6.07, 6.45) is 10.6. The van der Waals surface area contributed by atoms with E-state index in [0.29, 0.717) is 24.0 Å². The van der Waals surface area contributed by atoms with Crippen LogP contribution in [0.3, 0.4) is 0 Å². The molecule has 0 aromatic carbocycles. The Kier molecular flexibility index (Phi) is 2.56. The van der Waals surface area contributed by atoms with Crippen LogP contribution in [-0.2, 0) is 14.3 Å². The summed E-state index contributed by atoms with van der Waals surface area (Å²) in [6.45, 7) is 4.99. The van der Waals surface area contributed by atoms with E-state index in [1.54, 1.807) is 0 Å². The molecule has 0 aromatic rings. The van der Waals surface area contributed by atoms with Crippen molar-refractivity contribution in [3.05, 3.63) is 11.6 Å². The third kappa shape index (κ3) is 1.58. The molecule has 0 N–H and O–H groups in total. The number of ether oxygens (including phenoxy) is 1. The van der Waals surface area contributed by atoms with E-state index in [-0.39, 0.29) is 22.4 Å². The smallest absolute Gasteiger partial charge is 0.306 e. The number of hydrogen-bond acceptors (Lipinski definition) is 3. The van der Waals surface area contributed by atoms with Crippen LogP contribution in [-0.4, -0.2) is 17.4 Å². The van der Waals surface area contributed by atoms with E-state index in [4.69, 9.17) is 4.74 Å². The summed E-state index contributed by atoms with van der Waals surface area (Å²) < 4.78 is 6.22. The summed E-state index contributed by atoms with van der Waals surface area (Å²) in [6, 6.07) is 0. The highest BCUT2D eigenvalue weighted by Crippen LogP contribution is 2.82. The van der Waals surface area contributed by atoms with Gasteiger partial charge in [0.1, 0.15) is 5.60 Å². The molecule has 5 saturated carbocycles. The molecule has 7 rings (SSSR count). The molecule has 0 radical (unpaired) electrons. The molecule has 0 aromatic heterocycles. The van der Waals surface area contributed by atoms with E-state index in [2.05, 4.69) is 19.9 Å². The average Bonchev–Trinajstić information content (AvgIpc) is 3.53. The monoisotopic (exact) mass is 366 g/mol. The van der Waals surface area contributed by atoms with Crippen molar-refractivity contribution in [2.24, 2.45) is 52.3 Å². The fraction of sp³-hybridized carbons (Fsp3) is 0.833. The minimum absolute atomic E-state index is 0.0561. The lowest BCUT2D eigenvalue weighted by Gasteiger charge is -2.60. The zero-order chi connectivity index (χ0) is 18.3. The number of allylic oxidation sites excluding steroid dienone is 1. The molecular weight excluding hydrogens is 336 g/mol. The molecule has 1 saturated heterocycles. The number of esters is 1. The molecule has 27 heavy (non-hydrogen) atoms. The standard InChI is InChI=1S/C24H30O3/c1-22-6-3-12(25)9-17(22)13-10-14(13)20-16(22)4-7-23(2)21(20)15-11-18(15)24(23)8-5-19(26)27-24/h9,13-16,18,20-21H,3-8,10-11H2,1-2H3/t13-,14?,15-,16+,18+,20?,21+,22-,23+,24+/m1/s1. The maximum Gasteiger partial charge on any atom is 0.306 e. The molecule has 3 nitrogen and oxygen atoms in total. The molecule has 7 aliphatic rings. The SMILES string of the molecule is C[C@]12CCC(=O)C=C1[C@@H]1CC1C1[C@@H]3[C@@H]4C[C@@H]4[C@@]4(CCC(=O)O4)[C@@]3(C)CC[C@@H]12. The second-order valence-electron chi connectivity index (χ2n) is 11.5. The molecule has 0 amide bonds. The summed E-state index contributed by atoms with van der Waals surface area (Å²) in [5.74, 6) is 5.65. The lowest BCUT2D eigenvalue weighted by atomic mass is 9.45. The molecule has 1 aliphatic heterocycles. The van der Waals surface area contributed by atoms with Crippen LogP contribution in [0, 0.1) is 52.3 Å². The highest BCUT2D eigenvalue weighted by atomic mass is 16.6. The Morgan fingerprint density at radius 2 is 1.85 bits per heavy atom. The van der Waals surface area contributed by atoms with Gasteiger partial charge in [-0.3, -0.25) is 9.59 Å². The van der Waals surface area contributed by atoms with Crippen molar-refractivity contribution >= 4 is 11.8 Å². The van der Waals surface area contributed by atoms with Gasteiger partial charge >= 0.3 is 5.97 Å². The van der Waals surface area contributed by atoms with Gasteiger partial charge in [0.05, 0.1) is 0 Å². The van der Waals surface area contributed by atoms with Gasteiger partial charge in [-0.15, -0.1) is 0 Å². The fourth-order valence-corrected chi connectivity index (χ4v) is 9.74. The van der Waals surface area contributed by atoms with E-state index in [0.717, 1.165) is 48.9 Å². The Bertz CT molecular complexity index is 827. The Hall–Kier alpha value is -1.12.